The lowest BCUT2D eigenvalue weighted by Crippen LogP contribution is -2.31. The van der Waals surface area contributed by atoms with E-state index in [0.29, 0.717) is 12.5 Å². The van der Waals surface area contributed by atoms with Crippen molar-refractivity contribution in [2.75, 3.05) is 13.6 Å². The molecular weight excluding hydrogens is 372 g/mol. The molecule has 2 heterocycles. The highest BCUT2D eigenvalue weighted by Gasteiger charge is 2.39. The summed E-state index contributed by atoms with van der Waals surface area (Å²) in [4.78, 5) is 14.4. The van der Waals surface area contributed by atoms with Crippen LogP contribution in [0.15, 0.2) is 73.1 Å². The van der Waals surface area contributed by atoms with Gasteiger partial charge >= 0.3 is 0 Å². The van der Waals surface area contributed by atoms with Crippen molar-refractivity contribution < 1.29 is 4.79 Å². The van der Waals surface area contributed by atoms with E-state index in [1.54, 1.807) is 0 Å². The summed E-state index contributed by atoms with van der Waals surface area (Å²) in [5, 5.41) is 8.28. The predicted octanol–water partition coefficient (Wildman–Crippen LogP) is 4.19. The Bertz CT molecular complexity index is 954. The molecule has 1 aliphatic rings. The third kappa shape index (κ3) is 4.46. The van der Waals surface area contributed by atoms with Gasteiger partial charge in [0.05, 0.1) is 18.8 Å². The summed E-state index contributed by atoms with van der Waals surface area (Å²) in [6.45, 7) is 3.74. The van der Waals surface area contributed by atoms with E-state index < -0.39 is 0 Å². The number of carbonyl (C=O) groups excluding carboxylic acids is 1. The molecule has 1 amide bonds. The van der Waals surface area contributed by atoms with Crippen LogP contribution in [0.25, 0.3) is 0 Å². The molecule has 4 rings (SSSR count). The Balaban J connectivity index is 1.46. The van der Waals surface area contributed by atoms with Crippen molar-refractivity contribution in [3.63, 3.8) is 0 Å². The summed E-state index contributed by atoms with van der Waals surface area (Å²) in [5.74, 6) is 0.435. The summed E-state index contributed by atoms with van der Waals surface area (Å²) >= 11 is 0. The summed E-state index contributed by atoms with van der Waals surface area (Å²) in [6, 6.07) is 21.2. The lowest BCUT2D eigenvalue weighted by atomic mass is 9.94. The number of carbonyl (C=O) groups is 1. The van der Waals surface area contributed by atoms with E-state index >= 15 is 0 Å². The van der Waals surface area contributed by atoms with Crippen LogP contribution in [0.3, 0.4) is 0 Å². The number of likely N-dealkylation sites (tertiary alicyclic amines) is 1. The largest absolute Gasteiger partial charge is 0.338 e. The average molecular weight is 403 g/mol. The van der Waals surface area contributed by atoms with Crippen LogP contribution >= 0.6 is 0 Å². The molecule has 1 saturated heterocycles. The van der Waals surface area contributed by atoms with Gasteiger partial charge in [-0.3, -0.25) is 9.48 Å². The summed E-state index contributed by atoms with van der Waals surface area (Å²) in [5.41, 5.74) is 3.62. The van der Waals surface area contributed by atoms with E-state index in [4.69, 9.17) is 0 Å². The summed E-state index contributed by atoms with van der Waals surface area (Å²) in [6.07, 6.45) is 5.60. The Hall–Kier alpha value is -2.92. The molecule has 0 spiro atoms. The fourth-order valence-electron chi connectivity index (χ4n) is 4.50. The third-order valence-electron chi connectivity index (χ3n) is 6.11. The van der Waals surface area contributed by atoms with Crippen LogP contribution in [-0.2, 0) is 11.3 Å². The summed E-state index contributed by atoms with van der Waals surface area (Å²) in [7, 11) is 1.91. The van der Waals surface area contributed by atoms with Gasteiger partial charge in [0, 0.05) is 43.7 Å². The van der Waals surface area contributed by atoms with Gasteiger partial charge < -0.3 is 10.2 Å². The fourth-order valence-corrected chi connectivity index (χ4v) is 4.50. The van der Waals surface area contributed by atoms with Gasteiger partial charge in [0.1, 0.15) is 0 Å². The zero-order chi connectivity index (χ0) is 20.9. The van der Waals surface area contributed by atoms with Gasteiger partial charge in [-0.05, 0) is 17.5 Å². The number of amides is 1. The second-order valence-corrected chi connectivity index (χ2v) is 8.15. The predicted molar refractivity (Wildman–Crippen MR) is 119 cm³/mol. The smallest absolute Gasteiger partial charge is 0.223 e. The number of aromatic nitrogens is 2. The number of rotatable bonds is 8. The van der Waals surface area contributed by atoms with Crippen molar-refractivity contribution >= 4 is 5.91 Å². The summed E-state index contributed by atoms with van der Waals surface area (Å²) < 4.78 is 1.96. The van der Waals surface area contributed by atoms with Crippen molar-refractivity contribution in [1.29, 1.82) is 0 Å². The van der Waals surface area contributed by atoms with Crippen molar-refractivity contribution in [2.24, 2.45) is 5.92 Å². The highest BCUT2D eigenvalue weighted by atomic mass is 16.2. The molecule has 3 aromatic rings. The Morgan fingerprint density at radius 2 is 1.80 bits per heavy atom. The Morgan fingerprint density at radius 1 is 1.10 bits per heavy atom. The first-order chi connectivity index (χ1) is 14.7. The van der Waals surface area contributed by atoms with Crippen molar-refractivity contribution in [1.82, 2.24) is 20.0 Å². The lowest BCUT2D eigenvalue weighted by molar-refractivity contribution is -0.127. The lowest BCUT2D eigenvalue weighted by Gasteiger charge is -2.26. The molecule has 1 unspecified atom stereocenters. The van der Waals surface area contributed by atoms with Gasteiger partial charge in [-0.2, -0.15) is 5.10 Å². The quantitative estimate of drug-likeness (QED) is 0.615. The second kappa shape index (κ2) is 9.26. The molecule has 30 heavy (non-hydrogen) atoms. The SMILES string of the molecule is CCC(NC[C@@H]1CC(=O)N(C)[C@H]1c1cnn(Cc2ccccc2)c1)c1ccccc1. The first-order valence-corrected chi connectivity index (χ1v) is 10.8. The molecule has 0 bridgehead atoms. The van der Waals surface area contributed by atoms with Gasteiger partial charge in [0.15, 0.2) is 0 Å². The highest BCUT2D eigenvalue weighted by Crippen LogP contribution is 2.37. The van der Waals surface area contributed by atoms with Crippen LogP contribution in [-0.4, -0.2) is 34.2 Å². The van der Waals surface area contributed by atoms with Gasteiger partial charge in [-0.1, -0.05) is 67.6 Å². The molecule has 5 nitrogen and oxygen atoms in total. The van der Waals surface area contributed by atoms with E-state index in [0.717, 1.165) is 25.1 Å². The minimum absolute atomic E-state index is 0.0582. The van der Waals surface area contributed by atoms with Gasteiger partial charge in [-0.15, -0.1) is 0 Å². The zero-order valence-corrected chi connectivity index (χ0v) is 17.7. The van der Waals surface area contributed by atoms with E-state index in [1.807, 2.05) is 47.1 Å². The van der Waals surface area contributed by atoms with Crippen molar-refractivity contribution in [2.45, 2.75) is 38.4 Å². The third-order valence-corrected chi connectivity index (χ3v) is 6.11. The molecule has 1 N–H and O–H groups in total. The molecule has 1 fully saturated rings. The van der Waals surface area contributed by atoms with E-state index in [-0.39, 0.29) is 17.9 Å². The van der Waals surface area contributed by atoms with E-state index in [9.17, 15) is 4.79 Å². The van der Waals surface area contributed by atoms with E-state index in [1.165, 1.54) is 11.1 Å². The maximum Gasteiger partial charge on any atom is 0.223 e. The van der Waals surface area contributed by atoms with Crippen LogP contribution in [0.1, 0.15) is 48.5 Å². The fraction of sp³-hybridized carbons (Fsp3) is 0.360. The molecule has 156 valence electrons. The van der Waals surface area contributed by atoms with Crippen LogP contribution in [0, 0.1) is 5.92 Å². The number of hydrogen-bond acceptors (Lipinski definition) is 3. The maximum absolute atomic E-state index is 12.5. The van der Waals surface area contributed by atoms with Gasteiger partial charge in [-0.25, -0.2) is 0 Å². The minimum Gasteiger partial charge on any atom is -0.338 e. The average Bonchev–Trinajstić information content (AvgIpc) is 3.34. The van der Waals surface area contributed by atoms with Crippen LogP contribution in [0.2, 0.25) is 0 Å². The topological polar surface area (TPSA) is 50.2 Å². The molecule has 0 aliphatic carbocycles. The first-order valence-electron chi connectivity index (χ1n) is 10.8. The molecule has 3 atom stereocenters. The zero-order valence-electron chi connectivity index (χ0n) is 17.7. The normalized spacial score (nSPS) is 19.9. The van der Waals surface area contributed by atoms with Crippen LogP contribution in [0.4, 0.5) is 0 Å². The molecule has 0 saturated carbocycles. The minimum atomic E-state index is 0.0582. The van der Waals surface area contributed by atoms with Crippen molar-refractivity contribution in [3.8, 4) is 0 Å². The Labute approximate surface area is 178 Å². The Kier molecular flexibility index (Phi) is 6.29. The highest BCUT2D eigenvalue weighted by molar-refractivity contribution is 5.79. The number of nitrogens with one attached hydrogen (secondary N) is 1. The number of hydrogen-bond donors (Lipinski definition) is 1. The van der Waals surface area contributed by atoms with Crippen LogP contribution in [0.5, 0.6) is 0 Å². The molecule has 2 aromatic carbocycles. The van der Waals surface area contributed by atoms with Gasteiger partial charge in [0.2, 0.25) is 5.91 Å². The van der Waals surface area contributed by atoms with Crippen molar-refractivity contribution in [3.05, 3.63) is 89.7 Å². The number of benzene rings is 2. The molecule has 0 radical (unpaired) electrons. The molecule has 1 aromatic heterocycles. The standard InChI is InChI=1S/C25H30N4O/c1-3-23(20-12-8-5-9-13-20)26-15-21-14-24(30)28(2)25(21)22-16-27-29(18-22)17-19-10-6-4-7-11-19/h4-13,16,18,21,23,25-26H,3,14-15,17H2,1-2H3/t21-,23?,25+/m0/s1. The van der Waals surface area contributed by atoms with Crippen LogP contribution < -0.4 is 5.32 Å². The molecule has 1 aliphatic heterocycles. The second-order valence-electron chi connectivity index (χ2n) is 8.15. The molecular formula is C25H30N4O. The van der Waals surface area contributed by atoms with E-state index in [2.05, 4.69) is 59.9 Å². The monoisotopic (exact) mass is 402 g/mol. The molecule has 5 heteroatoms. The maximum atomic E-state index is 12.5. The first kappa shape index (κ1) is 20.4. The Morgan fingerprint density at radius 3 is 2.50 bits per heavy atom. The van der Waals surface area contributed by atoms with Gasteiger partial charge in [0.25, 0.3) is 0 Å². The number of nitrogens with zero attached hydrogens (tertiary/aromatic N) is 3.